The van der Waals surface area contributed by atoms with Crippen LogP contribution >= 0.6 is 0 Å². The van der Waals surface area contributed by atoms with Gasteiger partial charge in [-0.25, -0.2) is 4.79 Å². The number of aromatic amines is 2. The number of anilines is 1. The van der Waals surface area contributed by atoms with Gasteiger partial charge >= 0.3 is 5.69 Å². The zero-order valence-electron chi connectivity index (χ0n) is 14.0. The number of nitrogens with zero attached hydrogens (tertiary/aromatic N) is 1. The van der Waals surface area contributed by atoms with E-state index in [1.165, 1.54) is 12.1 Å². The second-order valence-electron chi connectivity index (χ2n) is 6.05. The van der Waals surface area contributed by atoms with Gasteiger partial charge in [0.05, 0.1) is 0 Å². The highest BCUT2D eigenvalue weighted by Crippen LogP contribution is 2.26. The van der Waals surface area contributed by atoms with Crippen molar-refractivity contribution in [2.24, 2.45) is 0 Å². The average Bonchev–Trinajstić information content (AvgIpc) is 3.11. The molecule has 2 heterocycles. The second kappa shape index (κ2) is 7.22. The minimum atomic E-state index is -0.547. The Kier molecular flexibility index (Phi) is 4.83. The summed E-state index contributed by atoms with van der Waals surface area (Å²) in [5.74, 6) is -0.542. The van der Waals surface area contributed by atoms with E-state index in [0.29, 0.717) is 36.5 Å². The van der Waals surface area contributed by atoms with Gasteiger partial charge in [-0.2, -0.15) is 0 Å². The Bertz CT molecular complexity index is 930. The van der Waals surface area contributed by atoms with Crippen LogP contribution in [0.3, 0.4) is 0 Å². The number of hydrogen-bond acceptors (Lipinski definition) is 4. The highest BCUT2D eigenvalue weighted by molar-refractivity contribution is 5.99. The molecular formula is C18H18N4O4. The quantitative estimate of drug-likeness (QED) is 0.705. The van der Waals surface area contributed by atoms with Crippen LogP contribution < -0.4 is 16.6 Å². The van der Waals surface area contributed by atoms with Gasteiger partial charge < -0.3 is 15.2 Å². The second-order valence-corrected chi connectivity index (χ2v) is 6.05. The molecule has 1 aliphatic heterocycles. The molecule has 134 valence electrons. The third-order valence-electron chi connectivity index (χ3n) is 4.28. The molecule has 1 aromatic carbocycles. The van der Waals surface area contributed by atoms with E-state index < -0.39 is 11.2 Å². The molecule has 0 aliphatic carbocycles. The Labute approximate surface area is 148 Å². The Morgan fingerprint density at radius 3 is 2.58 bits per heavy atom. The van der Waals surface area contributed by atoms with Crippen molar-refractivity contribution >= 4 is 17.5 Å². The lowest BCUT2D eigenvalue weighted by atomic mass is 10.1. The van der Waals surface area contributed by atoms with Gasteiger partial charge in [0.1, 0.15) is 0 Å². The van der Waals surface area contributed by atoms with E-state index in [-0.39, 0.29) is 17.7 Å². The summed E-state index contributed by atoms with van der Waals surface area (Å²) in [5.41, 5.74) is 0.616. The van der Waals surface area contributed by atoms with Crippen molar-refractivity contribution in [3.63, 3.8) is 0 Å². The SMILES string of the molecule is C=CC(=O)Nc1ccc(C(=O)N2CCC(c3cc(=O)[nH]c(=O)[nH]3)C2)cc1. The average molecular weight is 354 g/mol. The van der Waals surface area contributed by atoms with E-state index in [1.54, 1.807) is 29.2 Å². The van der Waals surface area contributed by atoms with Crippen LogP contribution in [0.4, 0.5) is 5.69 Å². The molecule has 1 atom stereocenters. The minimum Gasteiger partial charge on any atom is -0.338 e. The lowest BCUT2D eigenvalue weighted by molar-refractivity contribution is -0.111. The summed E-state index contributed by atoms with van der Waals surface area (Å²) < 4.78 is 0. The third-order valence-corrected chi connectivity index (χ3v) is 4.28. The molecule has 0 radical (unpaired) electrons. The zero-order valence-corrected chi connectivity index (χ0v) is 14.0. The standard InChI is InChI=1S/C18H18N4O4/c1-2-15(23)19-13-5-3-11(4-6-13)17(25)22-8-7-12(10-22)14-9-16(24)21-18(26)20-14/h2-6,9,12H,1,7-8,10H2,(H,19,23)(H2,20,21,24,26). The molecule has 1 saturated heterocycles. The number of nitrogens with one attached hydrogen (secondary N) is 3. The maximum Gasteiger partial charge on any atom is 0.325 e. The van der Waals surface area contributed by atoms with E-state index >= 15 is 0 Å². The molecule has 26 heavy (non-hydrogen) atoms. The number of amides is 2. The van der Waals surface area contributed by atoms with Crippen molar-refractivity contribution in [2.75, 3.05) is 18.4 Å². The fourth-order valence-electron chi connectivity index (χ4n) is 2.98. The van der Waals surface area contributed by atoms with E-state index in [0.717, 1.165) is 0 Å². The molecule has 0 spiro atoms. The summed E-state index contributed by atoms with van der Waals surface area (Å²) in [7, 11) is 0. The lowest BCUT2D eigenvalue weighted by Crippen LogP contribution is -2.29. The first kappa shape index (κ1) is 17.4. The van der Waals surface area contributed by atoms with Crippen molar-refractivity contribution < 1.29 is 9.59 Å². The Hall–Kier alpha value is -3.42. The van der Waals surface area contributed by atoms with Gasteiger partial charge in [0, 0.05) is 42.0 Å². The Morgan fingerprint density at radius 2 is 1.92 bits per heavy atom. The lowest BCUT2D eigenvalue weighted by Gasteiger charge is -2.17. The topological polar surface area (TPSA) is 115 Å². The van der Waals surface area contributed by atoms with Gasteiger partial charge in [-0.05, 0) is 36.8 Å². The van der Waals surface area contributed by atoms with Crippen LogP contribution in [0.25, 0.3) is 0 Å². The van der Waals surface area contributed by atoms with Gasteiger partial charge in [0.15, 0.2) is 0 Å². The number of carbonyl (C=O) groups is 2. The monoisotopic (exact) mass is 354 g/mol. The predicted molar refractivity (Wildman–Crippen MR) is 96.2 cm³/mol. The maximum absolute atomic E-state index is 12.6. The number of carbonyl (C=O) groups excluding carboxylic acids is 2. The highest BCUT2D eigenvalue weighted by Gasteiger charge is 2.28. The summed E-state index contributed by atoms with van der Waals surface area (Å²) in [6.45, 7) is 4.34. The number of benzene rings is 1. The van der Waals surface area contributed by atoms with Crippen LogP contribution in [0.2, 0.25) is 0 Å². The van der Waals surface area contributed by atoms with Gasteiger partial charge in [0.25, 0.3) is 11.5 Å². The summed E-state index contributed by atoms with van der Waals surface area (Å²) in [6.07, 6.45) is 1.83. The van der Waals surface area contributed by atoms with Crippen LogP contribution in [-0.2, 0) is 4.79 Å². The van der Waals surface area contributed by atoms with Crippen LogP contribution in [0.1, 0.15) is 28.4 Å². The zero-order chi connectivity index (χ0) is 18.7. The molecule has 2 aromatic rings. The molecule has 3 rings (SSSR count). The largest absolute Gasteiger partial charge is 0.338 e. The van der Waals surface area contributed by atoms with E-state index in [4.69, 9.17) is 0 Å². The van der Waals surface area contributed by atoms with Crippen LogP contribution in [0.15, 0.2) is 52.6 Å². The number of rotatable bonds is 4. The predicted octanol–water partition coefficient (Wildman–Crippen LogP) is 0.817. The number of H-pyrrole nitrogens is 2. The maximum atomic E-state index is 12.6. The van der Waals surface area contributed by atoms with E-state index in [1.807, 2.05) is 0 Å². The molecular weight excluding hydrogens is 336 g/mol. The summed E-state index contributed by atoms with van der Waals surface area (Å²) in [6, 6.07) is 7.94. The molecule has 1 unspecified atom stereocenters. The summed E-state index contributed by atoms with van der Waals surface area (Å²) >= 11 is 0. The number of aromatic nitrogens is 2. The Morgan fingerprint density at radius 1 is 1.19 bits per heavy atom. The number of hydrogen-bond donors (Lipinski definition) is 3. The number of likely N-dealkylation sites (tertiary alicyclic amines) is 1. The molecule has 1 fully saturated rings. The van der Waals surface area contributed by atoms with Crippen molar-refractivity contribution in [3.8, 4) is 0 Å². The molecule has 3 N–H and O–H groups in total. The molecule has 0 saturated carbocycles. The van der Waals surface area contributed by atoms with Crippen LogP contribution in [0.5, 0.6) is 0 Å². The minimum absolute atomic E-state index is 0.0832. The third kappa shape index (κ3) is 3.80. The van der Waals surface area contributed by atoms with Gasteiger partial charge in [-0.1, -0.05) is 6.58 Å². The molecule has 8 nitrogen and oxygen atoms in total. The Balaban J connectivity index is 1.69. The highest BCUT2D eigenvalue weighted by atomic mass is 16.2. The van der Waals surface area contributed by atoms with Gasteiger partial charge in [0.2, 0.25) is 5.91 Å². The first-order valence-electron chi connectivity index (χ1n) is 8.12. The van der Waals surface area contributed by atoms with Crippen LogP contribution in [0, 0.1) is 0 Å². The van der Waals surface area contributed by atoms with Crippen molar-refractivity contribution in [1.29, 1.82) is 0 Å². The molecule has 8 heteroatoms. The van der Waals surface area contributed by atoms with Gasteiger partial charge in [-0.3, -0.25) is 19.4 Å². The summed E-state index contributed by atoms with van der Waals surface area (Å²) in [5, 5.41) is 2.62. The van der Waals surface area contributed by atoms with Crippen molar-refractivity contribution in [2.45, 2.75) is 12.3 Å². The fourth-order valence-corrected chi connectivity index (χ4v) is 2.98. The first-order chi connectivity index (χ1) is 12.5. The summed E-state index contributed by atoms with van der Waals surface area (Å²) in [4.78, 5) is 53.2. The van der Waals surface area contributed by atoms with Gasteiger partial charge in [-0.15, -0.1) is 0 Å². The van der Waals surface area contributed by atoms with E-state index in [9.17, 15) is 19.2 Å². The van der Waals surface area contributed by atoms with Crippen molar-refractivity contribution in [1.82, 2.24) is 14.9 Å². The van der Waals surface area contributed by atoms with Crippen molar-refractivity contribution in [3.05, 3.63) is 75.1 Å². The molecule has 1 aliphatic rings. The molecule has 2 amide bonds. The van der Waals surface area contributed by atoms with E-state index in [2.05, 4.69) is 21.9 Å². The smallest absolute Gasteiger partial charge is 0.325 e. The normalized spacial score (nSPS) is 16.3. The molecule has 1 aromatic heterocycles. The fraction of sp³-hybridized carbons (Fsp3) is 0.222. The van der Waals surface area contributed by atoms with Crippen LogP contribution in [-0.4, -0.2) is 39.8 Å². The first-order valence-corrected chi connectivity index (χ1v) is 8.12. The molecule has 0 bridgehead atoms.